The number of allylic oxidation sites excluding steroid dienone is 1. The van der Waals surface area contributed by atoms with Crippen molar-refractivity contribution in [2.24, 2.45) is 0 Å². The van der Waals surface area contributed by atoms with Gasteiger partial charge in [0.2, 0.25) is 0 Å². The zero-order chi connectivity index (χ0) is 13.0. The molecule has 0 aliphatic carbocycles. The predicted octanol–water partition coefficient (Wildman–Crippen LogP) is 0.520. The van der Waals surface area contributed by atoms with Gasteiger partial charge in [-0.2, -0.15) is 5.26 Å². The first-order valence-corrected chi connectivity index (χ1v) is 6.12. The van der Waals surface area contributed by atoms with Gasteiger partial charge in [0.25, 0.3) is 0 Å². The molecule has 1 aliphatic rings. The van der Waals surface area contributed by atoms with Crippen LogP contribution in [0, 0.1) is 17.1 Å². The van der Waals surface area contributed by atoms with Crippen LogP contribution in [0.15, 0.2) is 30.3 Å². The number of hydrogen-bond acceptors (Lipinski definition) is 2. The molecule has 0 radical (unpaired) electrons. The highest BCUT2D eigenvalue weighted by molar-refractivity contribution is 5.66. The molecular formula is C14H17FN3+. The molecule has 0 atom stereocenters. The van der Waals surface area contributed by atoms with Crippen LogP contribution in [0.4, 0.5) is 4.39 Å². The summed E-state index contributed by atoms with van der Waals surface area (Å²) in [5, 5.41) is 8.90. The average Bonchev–Trinajstić information content (AvgIpc) is 2.39. The van der Waals surface area contributed by atoms with Gasteiger partial charge in [0, 0.05) is 6.08 Å². The fourth-order valence-corrected chi connectivity index (χ4v) is 2.17. The van der Waals surface area contributed by atoms with E-state index in [9.17, 15) is 4.39 Å². The van der Waals surface area contributed by atoms with Crippen LogP contribution in [-0.2, 0) is 0 Å². The zero-order valence-corrected chi connectivity index (χ0v) is 10.5. The van der Waals surface area contributed by atoms with Gasteiger partial charge in [0.05, 0.1) is 45.0 Å². The molecule has 18 heavy (non-hydrogen) atoms. The normalized spacial score (nSPS) is 17.6. The maximum Gasteiger partial charge on any atom is 0.123 e. The maximum atomic E-state index is 12.9. The van der Waals surface area contributed by atoms with Crippen LogP contribution >= 0.6 is 0 Å². The number of nitrogens with zero attached hydrogens (tertiary/aromatic N) is 2. The highest BCUT2D eigenvalue weighted by Crippen LogP contribution is 2.19. The lowest BCUT2D eigenvalue weighted by Crippen LogP contribution is -3.11. The number of piperazine rings is 1. The lowest BCUT2D eigenvalue weighted by atomic mass is 10.1. The number of nitriles is 1. The highest BCUT2D eigenvalue weighted by Gasteiger charge is 2.19. The van der Waals surface area contributed by atoms with Gasteiger partial charge in [0.15, 0.2) is 0 Å². The lowest BCUT2D eigenvalue weighted by Gasteiger charge is -2.33. The van der Waals surface area contributed by atoms with E-state index in [2.05, 4.69) is 18.0 Å². The molecule has 1 N–H and O–H groups in total. The highest BCUT2D eigenvalue weighted by atomic mass is 19.1. The standard InChI is InChI=1S/C14H16FN3/c1-17-8-10-18(11-9-17)14(6-7-16)12-2-4-13(15)5-3-12/h2-6H,8-11H2,1H3/p+1/b14-6-. The summed E-state index contributed by atoms with van der Waals surface area (Å²) in [6.45, 7) is 3.97. The Hall–Kier alpha value is -1.86. The van der Waals surface area contributed by atoms with Crippen molar-refractivity contribution in [3.05, 3.63) is 41.7 Å². The van der Waals surface area contributed by atoms with Gasteiger partial charge in [-0.25, -0.2) is 4.39 Å². The van der Waals surface area contributed by atoms with E-state index < -0.39 is 0 Å². The summed E-state index contributed by atoms with van der Waals surface area (Å²) < 4.78 is 12.9. The van der Waals surface area contributed by atoms with Crippen molar-refractivity contribution in [1.29, 1.82) is 5.26 Å². The number of halogens is 1. The van der Waals surface area contributed by atoms with Crippen molar-refractivity contribution >= 4 is 5.70 Å². The number of quaternary nitrogens is 1. The van der Waals surface area contributed by atoms with E-state index in [1.807, 2.05) is 0 Å². The summed E-state index contributed by atoms with van der Waals surface area (Å²) in [6, 6.07) is 8.40. The molecule has 0 amide bonds. The smallest absolute Gasteiger partial charge is 0.123 e. The van der Waals surface area contributed by atoms with Gasteiger partial charge < -0.3 is 9.80 Å². The van der Waals surface area contributed by atoms with Gasteiger partial charge in [-0.3, -0.25) is 0 Å². The molecule has 0 aromatic heterocycles. The van der Waals surface area contributed by atoms with Crippen LogP contribution in [0.3, 0.4) is 0 Å². The molecule has 0 spiro atoms. The number of benzene rings is 1. The average molecular weight is 246 g/mol. The summed E-state index contributed by atoms with van der Waals surface area (Å²) in [5.74, 6) is -0.252. The van der Waals surface area contributed by atoms with Gasteiger partial charge in [0.1, 0.15) is 5.82 Å². The summed E-state index contributed by atoms with van der Waals surface area (Å²) in [4.78, 5) is 3.70. The first kappa shape index (κ1) is 12.6. The Morgan fingerprint density at radius 1 is 1.33 bits per heavy atom. The molecule has 1 aromatic carbocycles. The molecule has 1 aromatic rings. The maximum absolute atomic E-state index is 12.9. The second kappa shape index (κ2) is 5.65. The van der Waals surface area contributed by atoms with E-state index >= 15 is 0 Å². The summed E-state index contributed by atoms with van der Waals surface area (Å²) in [7, 11) is 2.17. The Labute approximate surface area is 107 Å². The van der Waals surface area contributed by atoms with Gasteiger partial charge in [-0.05, 0) is 29.8 Å². The monoisotopic (exact) mass is 246 g/mol. The summed E-state index contributed by atoms with van der Waals surface area (Å²) in [6.07, 6.45) is 1.55. The van der Waals surface area contributed by atoms with Crippen LogP contribution in [0.1, 0.15) is 5.56 Å². The van der Waals surface area contributed by atoms with E-state index in [1.54, 1.807) is 18.2 Å². The van der Waals surface area contributed by atoms with Gasteiger partial charge in [-0.15, -0.1) is 0 Å². The zero-order valence-electron chi connectivity index (χ0n) is 10.5. The largest absolute Gasteiger partial charge is 0.359 e. The Morgan fingerprint density at radius 2 is 1.94 bits per heavy atom. The lowest BCUT2D eigenvalue weighted by molar-refractivity contribution is -0.883. The van der Waals surface area contributed by atoms with Crippen molar-refractivity contribution in [2.75, 3.05) is 33.2 Å². The second-order valence-electron chi connectivity index (χ2n) is 4.61. The van der Waals surface area contributed by atoms with Crippen molar-refractivity contribution in [1.82, 2.24) is 4.90 Å². The van der Waals surface area contributed by atoms with Crippen molar-refractivity contribution in [3.8, 4) is 6.07 Å². The topological polar surface area (TPSA) is 31.5 Å². The van der Waals surface area contributed by atoms with Gasteiger partial charge >= 0.3 is 0 Å². The van der Waals surface area contributed by atoms with Crippen molar-refractivity contribution in [2.45, 2.75) is 0 Å². The quantitative estimate of drug-likeness (QED) is 0.771. The third-order valence-electron chi connectivity index (χ3n) is 3.30. The minimum absolute atomic E-state index is 0.252. The van der Waals surface area contributed by atoms with Crippen LogP contribution in [0.25, 0.3) is 5.70 Å². The van der Waals surface area contributed by atoms with Crippen LogP contribution in [0.5, 0.6) is 0 Å². The van der Waals surface area contributed by atoms with E-state index in [4.69, 9.17) is 5.26 Å². The first-order chi connectivity index (χ1) is 8.70. The van der Waals surface area contributed by atoms with Crippen LogP contribution in [-0.4, -0.2) is 38.1 Å². The molecule has 1 fully saturated rings. The summed E-state index contributed by atoms with van der Waals surface area (Å²) >= 11 is 0. The molecule has 3 nitrogen and oxygen atoms in total. The number of hydrogen-bond donors (Lipinski definition) is 1. The SMILES string of the molecule is C[NH+]1CCN(/C(=C\C#N)c2ccc(F)cc2)CC1. The van der Waals surface area contributed by atoms with Gasteiger partial charge in [-0.1, -0.05) is 0 Å². The van der Waals surface area contributed by atoms with E-state index in [-0.39, 0.29) is 5.82 Å². The molecule has 1 saturated heterocycles. The molecule has 1 heterocycles. The summed E-state index contributed by atoms with van der Waals surface area (Å²) in [5.41, 5.74) is 1.79. The molecule has 0 unspecified atom stereocenters. The third kappa shape index (κ3) is 2.88. The number of likely N-dealkylation sites (N-methyl/N-ethyl adjacent to an activating group) is 1. The molecule has 0 bridgehead atoms. The molecule has 94 valence electrons. The van der Waals surface area contributed by atoms with Crippen LogP contribution in [0.2, 0.25) is 0 Å². The second-order valence-corrected chi connectivity index (χ2v) is 4.61. The van der Waals surface area contributed by atoms with Crippen molar-refractivity contribution in [3.63, 3.8) is 0 Å². The molecular weight excluding hydrogens is 229 g/mol. The minimum Gasteiger partial charge on any atom is -0.359 e. The Bertz CT molecular complexity index is 465. The van der Waals surface area contributed by atoms with Crippen LogP contribution < -0.4 is 4.90 Å². The van der Waals surface area contributed by atoms with E-state index in [0.717, 1.165) is 37.4 Å². The molecule has 4 heteroatoms. The van der Waals surface area contributed by atoms with Crippen molar-refractivity contribution < 1.29 is 9.29 Å². The Balaban J connectivity index is 2.22. The fraction of sp³-hybridized carbons (Fsp3) is 0.357. The predicted molar refractivity (Wildman–Crippen MR) is 68.2 cm³/mol. The third-order valence-corrected chi connectivity index (χ3v) is 3.30. The molecule has 2 rings (SSSR count). The number of rotatable bonds is 2. The fourth-order valence-electron chi connectivity index (χ4n) is 2.17. The van der Waals surface area contributed by atoms with E-state index in [0.29, 0.717) is 0 Å². The first-order valence-electron chi connectivity index (χ1n) is 6.12. The Kier molecular flexibility index (Phi) is 3.96. The molecule has 1 aliphatic heterocycles. The minimum atomic E-state index is -0.252. The van der Waals surface area contributed by atoms with E-state index in [1.165, 1.54) is 17.0 Å². The molecule has 0 saturated carbocycles. The number of nitrogens with one attached hydrogen (secondary N) is 1. The Morgan fingerprint density at radius 3 is 2.50 bits per heavy atom.